The van der Waals surface area contributed by atoms with Crippen molar-refractivity contribution in [3.63, 3.8) is 0 Å². The molecule has 0 amide bonds. The smallest absolute Gasteiger partial charge is 0.378 e. The van der Waals surface area contributed by atoms with Gasteiger partial charge in [0.05, 0.1) is 24.5 Å². The molecule has 0 aromatic carbocycles. The molecule has 2 heterocycles. The van der Waals surface area contributed by atoms with Gasteiger partial charge in [0.15, 0.2) is 0 Å². The molecule has 0 unspecified atom stereocenters. The first kappa shape index (κ1) is 13.2. The molecule has 2 aromatic heterocycles. The summed E-state index contributed by atoms with van der Waals surface area (Å²) < 4.78 is 8.17. The number of tetrazole rings is 1. The third-order valence-electron chi connectivity index (χ3n) is 2.59. The van der Waals surface area contributed by atoms with Crippen molar-refractivity contribution in [1.29, 1.82) is 0 Å². The highest BCUT2D eigenvalue weighted by Gasteiger charge is 2.18. The zero-order valence-electron chi connectivity index (χ0n) is 11.2. The van der Waals surface area contributed by atoms with E-state index in [1.54, 1.807) is 6.92 Å². The van der Waals surface area contributed by atoms with Gasteiger partial charge in [-0.1, -0.05) is 0 Å². The fraction of sp³-hybridized carbons (Fsp3) is 0.545. The summed E-state index contributed by atoms with van der Waals surface area (Å²) in [6, 6.07) is 1.94. The lowest BCUT2D eigenvalue weighted by Gasteiger charge is -2.06. The number of nitrogens with zero attached hydrogens (tertiary/aromatic N) is 6. The monoisotopic (exact) mass is 264 g/mol. The minimum Gasteiger partial charge on any atom is -0.460 e. The van der Waals surface area contributed by atoms with E-state index in [4.69, 9.17) is 4.74 Å². The van der Waals surface area contributed by atoms with E-state index in [2.05, 4.69) is 20.6 Å². The Morgan fingerprint density at radius 1 is 1.37 bits per heavy atom. The fourth-order valence-electron chi connectivity index (χ4n) is 1.81. The van der Waals surface area contributed by atoms with Gasteiger partial charge in [-0.25, -0.2) is 9.48 Å². The van der Waals surface area contributed by atoms with E-state index in [1.165, 1.54) is 4.68 Å². The maximum absolute atomic E-state index is 11.7. The van der Waals surface area contributed by atoms with Crippen LogP contribution >= 0.6 is 0 Å². The van der Waals surface area contributed by atoms with Crippen LogP contribution in [0.25, 0.3) is 0 Å². The summed E-state index contributed by atoms with van der Waals surface area (Å²) in [7, 11) is 0. The Kier molecular flexibility index (Phi) is 3.88. The second kappa shape index (κ2) is 5.59. The number of ether oxygens (including phenoxy) is 1. The zero-order chi connectivity index (χ0) is 13.8. The van der Waals surface area contributed by atoms with Crippen LogP contribution in [0.2, 0.25) is 0 Å². The average molecular weight is 264 g/mol. The van der Waals surface area contributed by atoms with Crippen LogP contribution in [0.1, 0.15) is 35.9 Å². The number of hydrogen-bond acceptors (Lipinski definition) is 6. The lowest BCUT2D eigenvalue weighted by molar-refractivity contribution is 0.0505. The van der Waals surface area contributed by atoms with Gasteiger partial charge < -0.3 is 4.74 Å². The van der Waals surface area contributed by atoms with Crippen LogP contribution in [0, 0.1) is 6.92 Å². The lowest BCUT2D eigenvalue weighted by Crippen LogP contribution is -2.17. The molecule has 0 atom stereocenters. The van der Waals surface area contributed by atoms with Gasteiger partial charge in [0.1, 0.15) is 0 Å². The van der Waals surface area contributed by atoms with E-state index < -0.39 is 5.97 Å². The summed E-state index contributed by atoms with van der Waals surface area (Å²) >= 11 is 0. The summed E-state index contributed by atoms with van der Waals surface area (Å²) in [4.78, 5) is 11.7. The number of rotatable bonds is 5. The van der Waals surface area contributed by atoms with Crippen LogP contribution in [0.4, 0.5) is 0 Å². The molecule has 0 saturated heterocycles. The quantitative estimate of drug-likeness (QED) is 0.727. The number of hydrogen-bond donors (Lipinski definition) is 0. The largest absolute Gasteiger partial charge is 0.460 e. The van der Waals surface area contributed by atoms with Crippen LogP contribution in [0.15, 0.2) is 6.07 Å². The molecule has 0 N–H and O–H groups in total. The maximum Gasteiger partial charge on any atom is 0.378 e. The maximum atomic E-state index is 11.7. The average Bonchev–Trinajstić information content (AvgIpc) is 2.96. The predicted molar refractivity (Wildman–Crippen MR) is 65.5 cm³/mol. The van der Waals surface area contributed by atoms with E-state index >= 15 is 0 Å². The second-order valence-corrected chi connectivity index (χ2v) is 3.97. The summed E-state index contributed by atoms with van der Waals surface area (Å²) in [6.45, 7) is 7.08. The molecule has 0 saturated carbocycles. The third-order valence-corrected chi connectivity index (χ3v) is 2.59. The van der Waals surface area contributed by atoms with Gasteiger partial charge in [0.2, 0.25) is 0 Å². The van der Waals surface area contributed by atoms with Crippen molar-refractivity contribution in [1.82, 2.24) is 30.0 Å². The van der Waals surface area contributed by atoms with Crippen LogP contribution in [0.5, 0.6) is 0 Å². The number of carbonyl (C=O) groups excluding carboxylic acids is 1. The summed E-state index contributed by atoms with van der Waals surface area (Å²) in [5, 5.41) is 15.4. The predicted octanol–water partition coefficient (Wildman–Crippen LogP) is 0.423. The number of carbonyl (C=O) groups is 1. The van der Waals surface area contributed by atoms with Crippen LogP contribution in [-0.4, -0.2) is 42.6 Å². The molecule has 0 fully saturated rings. The van der Waals surface area contributed by atoms with E-state index in [-0.39, 0.29) is 12.4 Å². The van der Waals surface area contributed by atoms with E-state index in [0.29, 0.717) is 6.54 Å². The zero-order valence-corrected chi connectivity index (χ0v) is 11.2. The minimum atomic E-state index is -0.521. The summed E-state index contributed by atoms with van der Waals surface area (Å²) in [5.74, 6) is -0.421. The van der Waals surface area contributed by atoms with Gasteiger partial charge in [-0.2, -0.15) is 5.10 Å². The molecular formula is C11H16N6O2. The molecule has 19 heavy (non-hydrogen) atoms. The normalized spacial score (nSPS) is 10.7. The number of aryl methyl sites for hydroxylation is 2. The fourth-order valence-corrected chi connectivity index (χ4v) is 1.81. The van der Waals surface area contributed by atoms with Crippen LogP contribution in [-0.2, 0) is 17.8 Å². The highest BCUT2D eigenvalue weighted by molar-refractivity contribution is 5.85. The van der Waals surface area contributed by atoms with Crippen molar-refractivity contribution in [3.05, 3.63) is 23.3 Å². The standard InChI is InChI=1S/C11H16N6O2/c1-4-16-9(6-8(3)13-16)7-17-10(12-14-15-17)11(18)19-5-2/h6H,4-5,7H2,1-3H3. The first-order chi connectivity index (χ1) is 9.15. The molecular weight excluding hydrogens is 248 g/mol. The molecule has 102 valence electrons. The minimum absolute atomic E-state index is 0.100. The first-order valence-electron chi connectivity index (χ1n) is 6.12. The molecule has 2 rings (SSSR count). The molecule has 0 bridgehead atoms. The van der Waals surface area contributed by atoms with Gasteiger partial charge >= 0.3 is 5.97 Å². The molecule has 8 nitrogen and oxygen atoms in total. The first-order valence-corrected chi connectivity index (χ1v) is 6.12. The molecule has 0 aliphatic carbocycles. The van der Waals surface area contributed by atoms with E-state index in [0.717, 1.165) is 17.9 Å². The topological polar surface area (TPSA) is 87.7 Å². The molecule has 0 aliphatic heterocycles. The Hall–Kier alpha value is -2.25. The Bertz CT molecular complexity index is 574. The van der Waals surface area contributed by atoms with Gasteiger partial charge in [-0.3, -0.25) is 4.68 Å². The van der Waals surface area contributed by atoms with Crippen molar-refractivity contribution in [2.45, 2.75) is 33.9 Å². The second-order valence-electron chi connectivity index (χ2n) is 3.97. The Morgan fingerprint density at radius 2 is 2.16 bits per heavy atom. The van der Waals surface area contributed by atoms with Gasteiger partial charge in [-0.05, 0) is 37.3 Å². The van der Waals surface area contributed by atoms with Crippen molar-refractivity contribution in [3.8, 4) is 0 Å². The lowest BCUT2D eigenvalue weighted by atomic mass is 10.3. The molecule has 0 aliphatic rings. The molecule has 2 aromatic rings. The molecule has 0 radical (unpaired) electrons. The molecule has 0 spiro atoms. The summed E-state index contributed by atoms with van der Waals surface area (Å²) in [5.41, 5.74) is 1.86. The number of esters is 1. The SMILES string of the molecule is CCOC(=O)c1nnnn1Cc1cc(C)nn1CC. The van der Waals surface area contributed by atoms with Crippen molar-refractivity contribution in [2.75, 3.05) is 6.61 Å². The van der Waals surface area contributed by atoms with E-state index in [1.807, 2.05) is 24.6 Å². The van der Waals surface area contributed by atoms with Gasteiger partial charge in [0, 0.05) is 6.54 Å². The number of aromatic nitrogens is 6. The molecule has 8 heteroatoms. The Morgan fingerprint density at radius 3 is 2.84 bits per heavy atom. The third kappa shape index (κ3) is 2.78. The van der Waals surface area contributed by atoms with Gasteiger partial charge in [-0.15, -0.1) is 5.10 Å². The highest BCUT2D eigenvalue weighted by atomic mass is 16.5. The van der Waals surface area contributed by atoms with Gasteiger partial charge in [0.25, 0.3) is 5.82 Å². The highest BCUT2D eigenvalue weighted by Crippen LogP contribution is 2.07. The van der Waals surface area contributed by atoms with Crippen LogP contribution < -0.4 is 0 Å². The van der Waals surface area contributed by atoms with E-state index in [9.17, 15) is 4.79 Å². The van der Waals surface area contributed by atoms with Crippen molar-refractivity contribution in [2.24, 2.45) is 0 Å². The van der Waals surface area contributed by atoms with Crippen molar-refractivity contribution >= 4 is 5.97 Å². The van der Waals surface area contributed by atoms with Crippen molar-refractivity contribution < 1.29 is 9.53 Å². The van der Waals surface area contributed by atoms with Crippen LogP contribution in [0.3, 0.4) is 0 Å². The Balaban J connectivity index is 2.24. The Labute approximate surface area is 110 Å². The summed E-state index contributed by atoms with van der Waals surface area (Å²) in [6.07, 6.45) is 0.